The average molecular weight is 303 g/mol. The summed E-state index contributed by atoms with van der Waals surface area (Å²) in [7, 11) is 0. The molecule has 3 aliphatic rings. The maximum Gasteiger partial charge on any atom is 0.351 e. The maximum absolute atomic E-state index is 12.7. The summed E-state index contributed by atoms with van der Waals surface area (Å²) < 4.78 is 5.52. The van der Waals surface area contributed by atoms with Gasteiger partial charge in [0.25, 0.3) is 0 Å². The molecule has 3 aliphatic heterocycles. The molecule has 0 bridgehead atoms. The van der Waals surface area contributed by atoms with Crippen molar-refractivity contribution in [2.24, 2.45) is 4.99 Å². The maximum atomic E-state index is 12.7. The Hall–Kier alpha value is -1.73. The Morgan fingerprint density at radius 2 is 2.33 bits per heavy atom. The molecule has 4 heterocycles. The summed E-state index contributed by atoms with van der Waals surface area (Å²) in [6.45, 7) is 0.993. The van der Waals surface area contributed by atoms with Gasteiger partial charge in [0.2, 0.25) is 5.91 Å². The summed E-state index contributed by atoms with van der Waals surface area (Å²) in [5.41, 5.74) is 0.844. The zero-order valence-electron chi connectivity index (χ0n) is 11.2. The lowest BCUT2D eigenvalue weighted by Crippen LogP contribution is -2.46. The van der Waals surface area contributed by atoms with Gasteiger partial charge in [0.05, 0.1) is 12.6 Å². The van der Waals surface area contributed by atoms with Crippen LogP contribution in [0.5, 0.6) is 0 Å². The number of thioether (sulfide) groups is 1. The van der Waals surface area contributed by atoms with Gasteiger partial charge in [0, 0.05) is 18.4 Å². The van der Waals surface area contributed by atoms with Crippen molar-refractivity contribution in [3.63, 3.8) is 0 Å². The molecule has 0 spiro atoms. The molecule has 7 heteroatoms. The number of imide groups is 1. The van der Waals surface area contributed by atoms with E-state index in [9.17, 15) is 9.59 Å². The topological polar surface area (TPSA) is 71.9 Å². The number of hydrogen-bond donors (Lipinski definition) is 0. The van der Waals surface area contributed by atoms with Crippen LogP contribution in [0.25, 0.3) is 0 Å². The van der Waals surface area contributed by atoms with Crippen LogP contribution in [0, 0.1) is 0 Å². The van der Waals surface area contributed by atoms with E-state index in [0.29, 0.717) is 18.2 Å². The number of amides is 3. The normalized spacial score (nSPS) is 27.6. The summed E-state index contributed by atoms with van der Waals surface area (Å²) >= 11 is 1.31. The number of urea groups is 1. The molecule has 108 valence electrons. The minimum Gasteiger partial charge on any atom is -0.376 e. The Morgan fingerprint density at radius 1 is 1.43 bits per heavy atom. The standard InChI is InChI=1S/C14H13N3O3S/c18-13-10-9-4-1-5-15-11(9)21-12(10)16-14(19)17(13)7-8-3-2-6-20-8/h1,4-5,8,10H,2-3,6-7H2. The number of ether oxygens (including phenoxy) is 1. The first kappa shape index (κ1) is 13.0. The molecule has 0 saturated carbocycles. The summed E-state index contributed by atoms with van der Waals surface area (Å²) in [5, 5.41) is 1.31. The minimum absolute atomic E-state index is 0.0583. The van der Waals surface area contributed by atoms with Crippen LogP contribution < -0.4 is 0 Å². The molecule has 1 aromatic rings. The van der Waals surface area contributed by atoms with Crippen molar-refractivity contribution in [1.82, 2.24) is 9.88 Å². The Labute approximate surface area is 125 Å². The number of carbonyl (C=O) groups excluding carboxylic acids is 2. The molecule has 1 fully saturated rings. The second-order valence-corrected chi connectivity index (χ2v) is 6.26. The van der Waals surface area contributed by atoms with E-state index in [-0.39, 0.29) is 12.0 Å². The molecular weight excluding hydrogens is 290 g/mol. The van der Waals surface area contributed by atoms with Gasteiger partial charge in [0.15, 0.2) is 0 Å². The van der Waals surface area contributed by atoms with E-state index in [1.807, 2.05) is 6.07 Å². The molecule has 3 amide bonds. The third kappa shape index (κ3) is 2.08. The van der Waals surface area contributed by atoms with Crippen molar-refractivity contribution in [1.29, 1.82) is 0 Å². The van der Waals surface area contributed by atoms with Crippen molar-refractivity contribution in [3.05, 3.63) is 23.9 Å². The number of fused-ring (bicyclic) bond motifs is 3. The predicted molar refractivity (Wildman–Crippen MR) is 76.4 cm³/mol. The van der Waals surface area contributed by atoms with Crippen molar-refractivity contribution in [3.8, 4) is 0 Å². The lowest BCUT2D eigenvalue weighted by molar-refractivity contribution is -0.129. The highest BCUT2D eigenvalue weighted by atomic mass is 32.2. The van der Waals surface area contributed by atoms with E-state index in [4.69, 9.17) is 4.74 Å². The molecule has 2 unspecified atom stereocenters. The van der Waals surface area contributed by atoms with Gasteiger partial charge in [-0.05, 0) is 18.9 Å². The first-order chi connectivity index (χ1) is 10.2. The molecule has 1 aromatic heterocycles. The average Bonchev–Trinajstić information content (AvgIpc) is 3.10. The zero-order chi connectivity index (χ0) is 14.4. The van der Waals surface area contributed by atoms with Gasteiger partial charge >= 0.3 is 6.03 Å². The fourth-order valence-corrected chi connectivity index (χ4v) is 3.97. The summed E-state index contributed by atoms with van der Waals surface area (Å²) in [6.07, 6.45) is 3.48. The van der Waals surface area contributed by atoms with Gasteiger partial charge in [-0.15, -0.1) is 0 Å². The number of hydrogen-bond acceptors (Lipinski definition) is 5. The smallest absolute Gasteiger partial charge is 0.351 e. The van der Waals surface area contributed by atoms with Crippen LogP contribution in [0.1, 0.15) is 24.3 Å². The molecule has 2 atom stereocenters. The zero-order valence-corrected chi connectivity index (χ0v) is 12.0. The Bertz CT molecular complexity index is 655. The molecule has 0 aromatic carbocycles. The number of pyridine rings is 1. The van der Waals surface area contributed by atoms with Crippen molar-refractivity contribution >= 4 is 28.7 Å². The highest BCUT2D eigenvalue weighted by Gasteiger charge is 2.45. The van der Waals surface area contributed by atoms with Gasteiger partial charge in [-0.1, -0.05) is 17.8 Å². The number of carbonyl (C=O) groups is 2. The molecule has 1 saturated heterocycles. The monoisotopic (exact) mass is 303 g/mol. The van der Waals surface area contributed by atoms with Crippen molar-refractivity contribution in [2.45, 2.75) is 29.9 Å². The van der Waals surface area contributed by atoms with Gasteiger partial charge in [0.1, 0.15) is 16.0 Å². The van der Waals surface area contributed by atoms with Gasteiger partial charge < -0.3 is 4.74 Å². The van der Waals surface area contributed by atoms with Crippen molar-refractivity contribution < 1.29 is 14.3 Å². The highest BCUT2D eigenvalue weighted by molar-refractivity contribution is 8.14. The highest BCUT2D eigenvalue weighted by Crippen LogP contribution is 2.43. The Morgan fingerprint density at radius 3 is 3.14 bits per heavy atom. The lowest BCUT2D eigenvalue weighted by atomic mass is 9.99. The van der Waals surface area contributed by atoms with Gasteiger partial charge in [-0.25, -0.2) is 9.78 Å². The van der Waals surface area contributed by atoms with Crippen LogP contribution in [0.2, 0.25) is 0 Å². The van der Waals surface area contributed by atoms with Crippen LogP contribution in [0.4, 0.5) is 4.79 Å². The molecule has 6 nitrogen and oxygen atoms in total. The minimum atomic E-state index is -0.484. The van der Waals surface area contributed by atoms with Crippen LogP contribution in [-0.4, -0.2) is 46.1 Å². The predicted octanol–water partition coefficient (Wildman–Crippen LogP) is 1.81. The molecular formula is C14H13N3O3S. The summed E-state index contributed by atoms with van der Waals surface area (Å²) in [4.78, 5) is 34.4. The number of aliphatic imine (C=N–C) groups is 1. The van der Waals surface area contributed by atoms with E-state index in [2.05, 4.69) is 9.98 Å². The van der Waals surface area contributed by atoms with Crippen LogP contribution >= 0.6 is 11.8 Å². The first-order valence-corrected chi connectivity index (χ1v) is 7.74. The molecule has 0 N–H and O–H groups in total. The number of nitrogens with zero attached hydrogens (tertiary/aromatic N) is 3. The van der Waals surface area contributed by atoms with E-state index in [0.717, 1.165) is 23.4 Å². The van der Waals surface area contributed by atoms with E-state index >= 15 is 0 Å². The van der Waals surface area contributed by atoms with Crippen LogP contribution in [0.15, 0.2) is 28.3 Å². The van der Waals surface area contributed by atoms with Gasteiger partial charge in [-0.3, -0.25) is 9.69 Å². The number of rotatable bonds is 2. The molecule has 4 rings (SSSR count). The van der Waals surface area contributed by atoms with E-state index < -0.39 is 11.9 Å². The van der Waals surface area contributed by atoms with Crippen molar-refractivity contribution in [2.75, 3.05) is 13.2 Å². The Balaban J connectivity index is 1.66. The van der Waals surface area contributed by atoms with Crippen LogP contribution in [-0.2, 0) is 9.53 Å². The summed E-state index contributed by atoms with van der Waals surface area (Å²) in [5.74, 6) is -0.683. The SMILES string of the molecule is O=C1N=C2Sc3ncccc3C2C(=O)N1CC1CCCO1. The molecule has 21 heavy (non-hydrogen) atoms. The largest absolute Gasteiger partial charge is 0.376 e. The lowest BCUT2D eigenvalue weighted by Gasteiger charge is -2.28. The third-order valence-corrected chi connectivity index (χ3v) is 4.99. The fraction of sp³-hybridized carbons (Fsp3) is 0.429. The Kier molecular flexibility index (Phi) is 3.04. The third-order valence-electron chi connectivity index (χ3n) is 3.92. The summed E-state index contributed by atoms with van der Waals surface area (Å²) in [6, 6.07) is 3.19. The van der Waals surface area contributed by atoms with Gasteiger partial charge in [-0.2, -0.15) is 4.99 Å². The molecule has 0 aliphatic carbocycles. The molecule has 0 radical (unpaired) electrons. The second kappa shape index (κ2) is 4.92. The van der Waals surface area contributed by atoms with E-state index in [1.54, 1.807) is 12.3 Å². The number of aromatic nitrogens is 1. The van der Waals surface area contributed by atoms with E-state index in [1.165, 1.54) is 16.7 Å². The first-order valence-electron chi connectivity index (χ1n) is 6.92. The van der Waals surface area contributed by atoms with Crippen LogP contribution in [0.3, 0.4) is 0 Å². The second-order valence-electron chi connectivity index (χ2n) is 5.25. The quantitative estimate of drug-likeness (QED) is 0.833. The fourth-order valence-electron chi connectivity index (χ4n) is 2.89.